The molecule has 0 unspecified atom stereocenters. The molecule has 1 aliphatic heterocycles. The van der Waals surface area contributed by atoms with Crippen LogP contribution in [0.4, 0.5) is 0 Å². The average Bonchev–Trinajstić information content (AvgIpc) is 2.49. The van der Waals surface area contributed by atoms with Gasteiger partial charge >= 0.3 is 0 Å². The van der Waals surface area contributed by atoms with Gasteiger partial charge in [0, 0.05) is 19.6 Å². The van der Waals surface area contributed by atoms with Crippen molar-refractivity contribution in [2.75, 3.05) is 39.3 Å². The Morgan fingerprint density at radius 3 is 2.41 bits per heavy atom. The van der Waals surface area contributed by atoms with Crippen LogP contribution in [0.25, 0.3) is 0 Å². The molecule has 1 fully saturated rings. The zero-order valence-electron chi connectivity index (χ0n) is 10.3. The summed E-state index contributed by atoms with van der Waals surface area (Å²) in [5, 5.41) is 5.13. The van der Waals surface area contributed by atoms with Gasteiger partial charge < -0.3 is 10.6 Å². The molecule has 1 aliphatic rings. The van der Waals surface area contributed by atoms with Gasteiger partial charge in [0.15, 0.2) is 0 Å². The quantitative estimate of drug-likeness (QED) is 0.622. The first-order valence-corrected chi connectivity index (χ1v) is 7.74. The molecule has 0 aromatic carbocycles. The lowest BCUT2D eigenvalue weighted by Gasteiger charge is -2.20. The van der Waals surface area contributed by atoms with E-state index in [0.717, 1.165) is 51.9 Å². The molecule has 4 N–H and O–H groups in total. The Bertz CT molecular complexity index is 307. The molecule has 17 heavy (non-hydrogen) atoms. The lowest BCUT2D eigenvalue weighted by atomic mass is 10.2. The maximum atomic E-state index is 11.2. The molecule has 0 aromatic heterocycles. The minimum Gasteiger partial charge on any atom is -0.330 e. The maximum absolute atomic E-state index is 11.2. The van der Waals surface area contributed by atoms with E-state index in [1.54, 1.807) is 0 Å². The number of nitrogens with zero attached hydrogens (tertiary/aromatic N) is 2. The monoisotopic (exact) mass is 264 g/mol. The summed E-state index contributed by atoms with van der Waals surface area (Å²) in [6.45, 7) is 4.55. The third-order valence-electron chi connectivity index (χ3n) is 3.09. The van der Waals surface area contributed by atoms with Gasteiger partial charge in [0.1, 0.15) is 0 Å². The number of hydrogen-bond donors (Lipinski definition) is 2. The zero-order valence-corrected chi connectivity index (χ0v) is 11.2. The van der Waals surface area contributed by atoms with Crippen LogP contribution in [0.3, 0.4) is 0 Å². The van der Waals surface area contributed by atoms with Crippen molar-refractivity contribution in [3.63, 3.8) is 0 Å². The van der Waals surface area contributed by atoms with Crippen molar-refractivity contribution in [2.45, 2.75) is 25.7 Å². The van der Waals surface area contributed by atoms with Gasteiger partial charge in [0.2, 0.25) is 0 Å². The van der Waals surface area contributed by atoms with Crippen LogP contribution < -0.4 is 10.9 Å². The Kier molecular flexibility index (Phi) is 6.35. The molecule has 6 nitrogen and oxygen atoms in total. The summed E-state index contributed by atoms with van der Waals surface area (Å²) in [7, 11) is -3.51. The normalized spacial score (nSPS) is 20.4. The summed E-state index contributed by atoms with van der Waals surface area (Å²) in [5.41, 5.74) is 5.44. The third kappa shape index (κ3) is 5.78. The second-order valence-electron chi connectivity index (χ2n) is 4.49. The zero-order chi connectivity index (χ0) is 12.7. The molecule has 0 amide bonds. The second-order valence-corrected chi connectivity index (χ2v) is 6.03. The summed E-state index contributed by atoms with van der Waals surface area (Å²) in [4.78, 5) is 2.31. The van der Waals surface area contributed by atoms with Gasteiger partial charge in [0.25, 0.3) is 10.2 Å². The molecule has 1 heterocycles. The van der Waals surface area contributed by atoms with Crippen LogP contribution in [-0.4, -0.2) is 56.9 Å². The number of rotatable bonds is 6. The average molecular weight is 264 g/mol. The first-order chi connectivity index (χ1) is 8.04. The Hall–Kier alpha value is -0.210. The van der Waals surface area contributed by atoms with Gasteiger partial charge in [-0.1, -0.05) is 6.42 Å². The summed E-state index contributed by atoms with van der Waals surface area (Å²) >= 11 is 0. The summed E-state index contributed by atoms with van der Waals surface area (Å²) in [6.07, 6.45) is 4.20. The molecule has 0 atom stereocenters. The molecular weight excluding hydrogens is 240 g/mol. The fourth-order valence-electron chi connectivity index (χ4n) is 2.08. The van der Waals surface area contributed by atoms with Crippen molar-refractivity contribution in [3.05, 3.63) is 0 Å². The SMILES string of the molecule is NCCCCCN1CCCN(S(N)(=O)=O)CC1. The second kappa shape index (κ2) is 7.27. The summed E-state index contributed by atoms with van der Waals surface area (Å²) in [6, 6.07) is 0. The van der Waals surface area contributed by atoms with E-state index in [2.05, 4.69) is 4.90 Å². The van der Waals surface area contributed by atoms with Gasteiger partial charge in [-0.3, -0.25) is 0 Å². The van der Waals surface area contributed by atoms with Gasteiger partial charge in [0.05, 0.1) is 0 Å². The van der Waals surface area contributed by atoms with Crippen molar-refractivity contribution in [3.8, 4) is 0 Å². The number of unbranched alkanes of at least 4 members (excludes halogenated alkanes) is 2. The smallest absolute Gasteiger partial charge is 0.276 e. The van der Waals surface area contributed by atoms with E-state index in [1.807, 2.05) is 0 Å². The number of hydrogen-bond acceptors (Lipinski definition) is 4. The topological polar surface area (TPSA) is 92.7 Å². The first kappa shape index (κ1) is 14.8. The van der Waals surface area contributed by atoms with Gasteiger partial charge in [-0.15, -0.1) is 0 Å². The van der Waals surface area contributed by atoms with Crippen LogP contribution in [-0.2, 0) is 10.2 Å². The number of nitrogens with two attached hydrogens (primary N) is 2. The van der Waals surface area contributed by atoms with Crippen molar-refractivity contribution < 1.29 is 8.42 Å². The fraction of sp³-hybridized carbons (Fsp3) is 1.00. The van der Waals surface area contributed by atoms with E-state index in [0.29, 0.717) is 13.1 Å². The van der Waals surface area contributed by atoms with Gasteiger partial charge in [-0.2, -0.15) is 12.7 Å². The van der Waals surface area contributed by atoms with Crippen LogP contribution in [0.15, 0.2) is 0 Å². The van der Waals surface area contributed by atoms with E-state index in [9.17, 15) is 8.42 Å². The molecule has 7 heteroatoms. The van der Waals surface area contributed by atoms with E-state index in [4.69, 9.17) is 10.9 Å². The Morgan fingerprint density at radius 2 is 1.76 bits per heavy atom. The van der Waals surface area contributed by atoms with E-state index in [-0.39, 0.29) is 0 Å². The molecule has 1 saturated heterocycles. The molecule has 0 saturated carbocycles. The minimum atomic E-state index is -3.51. The summed E-state index contributed by atoms with van der Waals surface area (Å²) < 4.78 is 23.8. The molecule has 0 aliphatic carbocycles. The van der Waals surface area contributed by atoms with Crippen LogP contribution in [0.1, 0.15) is 25.7 Å². The molecular formula is C10H24N4O2S. The summed E-state index contributed by atoms with van der Waals surface area (Å²) in [5.74, 6) is 0. The highest BCUT2D eigenvalue weighted by Crippen LogP contribution is 2.07. The van der Waals surface area contributed by atoms with Crippen molar-refractivity contribution in [1.29, 1.82) is 0 Å². The fourth-order valence-corrected chi connectivity index (χ4v) is 2.80. The van der Waals surface area contributed by atoms with Crippen molar-refractivity contribution in [2.24, 2.45) is 10.9 Å². The van der Waals surface area contributed by atoms with Crippen LogP contribution in [0, 0.1) is 0 Å². The molecule has 0 spiro atoms. The van der Waals surface area contributed by atoms with Crippen LogP contribution in [0.5, 0.6) is 0 Å². The van der Waals surface area contributed by atoms with E-state index >= 15 is 0 Å². The highest BCUT2D eigenvalue weighted by atomic mass is 32.2. The standard InChI is InChI=1S/C10H24N4O2S/c11-5-2-1-3-6-13-7-4-8-14(10-9-13)17(12,15)16/h1-11H2,(H2,12,15,16). The molecule has 1 rings (SSSR count). The molecule has 0 aromatic rings. The Labute approximate surface area is 104 Å². The molecule has 0 bridgehead atoms. The third-order valence-corrected chi connectivity index (χ3v) is 4.17. The predicted octanol–water partition coefficient (Wildman–Crippen LogP) is -0.673. The van der Waals surface area contributed by atoms with Crippen LogP contribution in [0.2, 0.25) is 0 Å². The van der Waals surface area contributed by atoms with E-state index in [1.165, 1.54) is 4.31 Å². The molecule has 102 valence electrons. The lowest BCUT2D eigenvalue weighted by molar-refractivity contribution is 0.280. The van der Waals surface area contributed by atoms with Gasteiger partial charge in [-0.25, -0.2) is 5.14 Å². The van der Waals surface area contributed by atoms with Gasteiger partial charge in [-0.05, 0) is 38.9 Å². The Morgan fingerprint density at radius 1 is 1.00 bits per heavy atom. The Balaban J connectivity index is 2.28. The maximum Gasteiger partial charge on any atom is 0.276 e. The largest absolute Gasteiger partial charge is 0.330 e. The minimum absolute atomic E-state index is 0.510. The highest BCUT2D eigenvalue weighted by Gasteiger charge is 2.21. The van der Waals surface area contributed by atoms with Crippen LogP contribution >= 0.6 is 0 Å². The highest BCUT2D eigenvalue weighted by molar-refractivity contribution is 7.86. The van der Waals surface area contributed by atoms with E-state index < -0.39 is 10.2 Å². The predicted molar refractivity (Wildman–Crippen MR) is 68.6 cm³/mol. The van der Waals surface area contributed by atoms with Crippen molar-refractivity contribution >= 4 is 10.2 Å². The lowest BCUT2D eigenvalue weighted by Crippen LogP contribution is -2.39. The van der Waals surface area contributed by atoms with Crippen molar-refractivity contribution in [1.82, 2.24) is 9.21 Å². The molecule has 0 radical (unpaired) electrons. The first-order valence-electron chi connectivity index (χ1n) is 6.24.